The number of carboxylic acids is 1. The number of nitrogens with zero attached hydrogens (tertiary/aromatic N) is 3. The Balaban J connectivity index is 1.75. The zero-order valence-electron chi connectivity index (χ0n) is 15.7. The molecular weight excluding hydrogens is 384 g/mol. The van der Waals surface area contributed by atoms with Crippen LogP contribution in [0.2, 0.25) is 0 Å². The first-order chi connectivity index (χ1) is 14.1. The SMILES string of the molecule is C/N=C/c1cc(-c2ccc3ccccc3c2)cc(-c2nnc(SCC(=O)O)[nH]2)c1. The van der Waals surface area contributed by atoms with Gasteiger partial charge in [0.25, 0.3) is 0 Å². The second-order valence-corrected chi connectivity index (χ2v) is 7.42. The van der Waals surface area contributed by atoms with Crippen molar-refractivity contribution in [3.8, 4) is 22.5 Å². The summed E-state index contributed by atoms with van der Waals surface area (Å²) in [4.78, 5) is 18.0. The maximum atomic E-state index is 10.8. The van der Waals surface area contributed by atoms with Gasteiger partial charge in [0.2, 0.25) is 0 Å². The standard InChI is InChI=1S/C22H18N4O2S/c1-23-12-14-8-18(17-7-6-15-4-2-3-5-16(15)10-17)11-19(9-14)21-24-22(26-25-21)29-13-20(27)28/h2-12H,13H2,1H3,(H,27,28)(H,24,25,26)/b23-12+. The van der Waals surface area contributed by atoms with E-state index in [-0.39, 0.29) is 5.75 Å². The number of H-pyrrole nitrogens is 1. The largest absolute Gasteiger partial charge is 0.481 e. The predicted molar refractivity (Wildman–Crippen MR) is 117 cm³/mol. The van der Waals surface area contributed by atoms with Gasteiger partial charge >= 0.3 is 5.97 Å². The third-order valence-electron chi connectivity index (χ3n) is 4.39. The maximum absolute atomic E-state index is 10.8. The number of aromatic nitrogens is 3. The Kier molecular flexibility index (Phi) is 5.39. The van der Waals surface area contributed by atoms with E-state index in [1.165, 1.54) is 10.8 Å². The van der Waals surface area contributed by atoms with Crippen LogP contribution in [0.4, 0.5) is 0 Å². The van der Waals surface area contributed by atoms with Crippen LogP contribution < -0.4 is 0 Å². The number of benzene rings is 3. The molecule has 0 spiro atoms. The summed E-state index contributed by atoms with van der Waals surface area (Å²) in [6.45, 7) is 0. The van der Waals surface area contributed by atoms with E-state index in [2.05, 4.69) is 56.6 Å². The first-order valence-electron chi connectivity index (χ1n) is 8.96. The smallest absolute Gasteiger partial charge is 0.313 e. The molecule has 0 aliphatic rings. The molecule has 1 heterocycles. The number of fused-ring (bicyclic) bond motifs is 1. The zero-order valence-corrected chi connectivity index (χ0v) is 16.5. The summed E-state index contributed by atoms with van der Waals surface area (Å²) in [7, 11) is 1.73. The topological polar surface area (TPSA) is 91.2 Å². The van der Waals surface area contributed by atoms with Gasteiger partial charge in [-0.3, -0.25) is 9.79 Å². The van der Waals surface area contributed by atoms with Crippen molar-refractivity contribution in [2.24, 2.45) is 4.99 Å². The van der Waals surface area contributed by atoms with Gasteiger partial charge in [0, 0.05) is 18.8 Å². The van der Waals surface area contributed by atoms with Crippen molar-refractivity contribution in [1.82, 2.24) is 15.2 Å². The molecule has 0 amide bonds. The normalized spacial score (nSPS) is 11.3. The predicted octanol–water partition coefficient (Wildman–Crippen LogP) is 4.52. The number of thioether (sulfide) groups is 1. The number of hydrogen-bond donors (Lipinski definition) is 2. The molecule has 0 aliphatic carbocycles. The summed E-state index contributed by atoms with van der Waals surface area (Å²) in [5.74, 6) is -0.376. The molecule has 0 saturated carbocycles. The summed E-state index contributed by atoms with van der Waals surface area (Å²) in [5, 5.41) is 19.9. The fraction of sp³-hybridized carbons (Fsp3) is 0.0909. The van der Waals surface area contributed by atoms with Gasteiger partial charge in [-0.1, -0.05) is 48.2 Å². The van der Waals surface area contributed by atoms with Crippen LogP contribution in [0.15, 0.2) is 70.8 Å². The quantitative estimate of drug-likeness (QED) is 0.366. The Labute approximate surface area is 171 Å². The Morgan fingerprint density at radius 2 is 1.83 bits per heavy atom. The molecule has 7 heteroatoms. The fourth-order valence-corrected chi connectivity index (χ4v) is 3.65. The molecule has 0 unspecified atom stereocenters. The van der Waals surface area contributed by atoms with E-state index in [9.17, 15) is 4.79 Å². The molecule has 2 N–H and O–H groups in total. The van der Waals surface area contributed by atoms with Crippen LogP contribution in [0.1, 0.15) is 5.56 Å². The number of hydrogen-bond acceptors (Lipinski definition) is 5. The van der Waals surface area contributed by atoms with E-state index in [1.54, 1.807) is 13.3 Å². The van der Waals surface area contributed by atoms with Crippen molar-refractivity contribution < 1.29 is 9.90 Å². The third kappa shape index (κ3) is 4.35. The van der Waals surface area contributed by atoms with Gasteiger partial charge in [-0.15, -0.1) is 10.2 Å². The maximum Gasteiger partial charge on any atom is 0.313 e. The van der Waals surface area contributed by atoms with E-state index < -0.39 is 5.97 Å². The van der Waals surface area contributed by atoms with E-state index in [4.69, 9.17) is 5.11 Å². The average Bonchev–Trinajstić information content (AvgIpc) is 3.21. The number of rotatable bonds is 6. The van der Waals surface area contributed by atoms with Crippen LogP contribution in [0.3, 0.4) is 0 Å². The van der Waals surface area contributed by atoms with Crippen molar-refractivity contribution in [1.29, 1.82) is 0 Å². The highest BCUT2D eigenvalue weighted by Crippen LogP contribution is 2.29. The Bertz CT molecular complexity index is 1220. The van der Waals surface area contributed by atoms with Crippen molar-refractivity contribution in [3.63, 3.8) is 0 Å². The molecule has 0 saturated heterocycles. The Morgan fingerprint density at radius 3 is 2.62 bits per heavy atom. The molecule has 0 atom stereocenters. The number of carboxylic acid groups (broad SMARTS) is 1. The van der Waals surface area contributed by atoms with E-state index in [1.807, 2.05) is 24.3 Å². The van der Waals surface area contributed by atoms with Gasteiger partial charge in [0.15, 0.2) is 11.0 Å². The van der Waals surface area contributed by atoms with Gasteiger partial charge in [-0.25, -0.2) is 0 Å². The first kappa shape index (κ1) is 18.9. The van der Waals surface area contributed by atoms with Crippen LogP contribution in [0.25, 0.3) is 33.3 Å². The van der Waals surface area contributed by atoms with Gasteiger partial charge in [-0.05, 0) is 51.7 Å². The summed E-state index contributed by atoms with van der Waals surface area (Å²) in [5.41, 5.74) is 3.94. The second-order valence-electron chi connectivity index (χ2n) is 6.45. The molecule has 144 valence electrons. The number of nitrogens with one attached hydrogen (secondary N) is 1. The summed E-state index contributed by atoms with van der Waals surface area (Å²) in [6, 6.07) is 20.7. The van der Waals surface area contributed by atoms with E-state index in [0.717, 1.165) is 34.0 Å². The number of aromatic amines is 1. The molecule has 3 aromatic carbocycles. The second kappa shape index (κ2) is 8.28. The van der Waals surface area contributed by atoms with Crippen molar-refractivity contribution in [3.05, 3.63) is 66.2 Å². The highest BCUT2D eigenvalue weighted by Gasteiger charge is 2.11. The lowest BCUT2D eigenvalue weighted by molar-refractivity contribution is -0.133. The Morgan fingerprint density at radius 1 is 1.03 bits per heavy atom. The molecule has 4 aromatic rings. The van der Waals surface area contributed by atoms with Crippen LogP contribution in [0.5, 0.6) is 0 Å². The summed E-state index contributed by atoms with van der Waals surface area (Å²) < 4.78 is 0. The van der Waals surface area contributed by atoms with Crippen LogP contribution >= 0.6 is 11.8 Å². The zero-order chi connectivity index (χ0) is 20.2. The number of aliphatic carboxylic acids is 1. The summed E-state index contributed by atoms with van der Waals surface area (Å²) >= 11 is 1.11. The van der Waals surface area contributed by atoms with Crippen LogP contribution in [-0.2, 0) is 4.79 Å². The van der Waals surface area contributed by atoms with E-state index in [0.29, 0.717) is 11.0 Å². The highest BCUT2D eigenvalue weighted by molar-refractivity contribution is 7.99. The van der Waals surface area contributed by atoms with Crippen LogP contribution in [0, 0.1) is 0 Å². The van der Waals surface area contributed by atoms with Crippen molar-refractivity contribution in [2.45, 2.75) is 5.16 Å². The average molecular weight is 402 g/mol. The fourth-order valence-electron chi connectivity index (χ4n) is 3.12. The monoisotopic (exact) mass is 402 g/mol. The first-order valence-corrected chi connectivity index (χ1v) is 9.95. The highest BCUT2D eigenvalue weighted by atomic mass is 32.2. The van der Waals surface area contributed by atoms with Gasteiger partial charge < -0.3 is 10.1 Å². The lowest BCUT2D eigenvalue weighted by Gasteiger charge is -2.08. The number of aliphatic imine (C=N–C) groups is 1. The molecule has 4 rings (SSSR count). The van der Waals surface area contributed by atoms with Crippen molar-refractivity contribution in [2.75, 3.05) is 12.8 Å². The molecule has 0 aliphatic heterocycles. The minimum Gasteiger partial charge on any atom is -0.481 e. The summed E-state index contributed by atoms with van der Waals surface area (Å²) in [6.07, 6.45) is 1.80. The van der Waals surface area contributed by atoms with Crippen molar-refractivity contribution >= 4 is 34.7 Å². The molecule has 0 fully saturated rings. The molecule has 1 aromatic heterocycles. The van der Waals surface area contributed by atoms with E-state index >= 15 is 0 Å². The van der Waals surface area contributed by atoms with Crippen LogP contribution in [-0.4, -0.2) is 45.3 Å². The van der Waals surface area contributed by atoms with Gasteiger partial charge in [0.05, 0.1) is 5.75 Å². The molecule has 29 heavy (non-hydrogen) atoms. The lowest BCUT2D eigenvalue weighted by atomic mass is 9.97. The third-order valence-corrected chi connectivity index (χ3v) is 5.24. The molecule has 6 nitrogen and oxygen atoms in total. The van der Waals surface area contributed by atoms with Gasteiger partial charge in [0.1, 0.15) is 0 Å². The minimum absolute atomic E-state index is 0.0699. The molecule has 0 bridgehead atoms. The minimum atomic E-state index is -0.896. The molecular formula is C22H18N4O2S. The molecule has 0 radical (unpaired) electrons. The Hall–Kier alpha value is -3.45. The van der Waals surface area contributed by atoms with Gasteiger partial charge in [-0.2, -0.15) is 0 Å². The lowest BCUT2D eigenvalue weighted by Crippen LogP contribution is -1.97. The number of carbonyl (C=O) groups is 1.